The van der Waals surface area contributed by atoms with Crippen LogP contribution in [0, 0.1) is 31.1 Å². The molecule has 0 radical (unpaired) electrons. The summed E-state index contributed by atoms with van der Waals surface area (Å²) in [5.41, 5.74) is 2.62. The summed E-state index contributed by atoms with van der Waals surface area (Å²) in [4.78, 5) is 0. The van der Waals surface area contributed by atoms with Crippen LogP contribution in [0.4, 0.5) is 0 Å². The fourth-order valence-electron chi connectivity index (χ4n) is 5.30. The standard InChI is InChI=1S/C19H33N2Si.CH3.2ClH.Ti/c1-14(2)16-7-6-8-17-18(13-15(3)19(16)17)22(4,5)21-11-9-20-10-12-21;;;;/h6-8,14-15,17-19H,9-13H2,1-5H3;1H3;2*1H;/q2*-1;;;+2/p-2/t15-,17?,18?,19?;;;;/m0..../s1. The van der Waals surface area contributed by atoms with Crippen LogP contribution in [0.1, 0.15) is 27.2 Å². The molecule has 1 saturated carbocycles. The molecule has 0 amide bonds. The SMILES string of the molecule is CC(C)C1=CC=CC2C1[C@@H](C)CC2[Si](C)(C)N1CC[N-]CC1.[CH3-].[Cl][Ti][Cl]. The predicted octanol–water partition coefficient (Wildman–Crippen LogP) is 6.50. The van der Waals surface area contributed by atoms with Crippen molar-refractivity contribution in [2.75, 3.05) is 26.2 Å². The fourth-order valence-corrected chi connectivity index (χ4v) is 9.33. The number of piperazine rings is 1. The molecule has 150 valence electrons. The summed E-state index contributed by atoms with van der Waals surface area (Å²) in [6.45, 7) is 17.0. The molecule has 2 fully saturated rings. The monoisotopic (exact) mass is 450 g/mol. The molecule has 0 N–H and O–H groups in total. The number of allylic oxidation sites excluding steroid dienone is 4. The van der Waals surface area contributed by atoms with Crippen molar-refractivity contribution in [3.05, 3.63) is 36.5 Å². The van der Waals surface area contributed by atoms with E-state index in [0.717, 1.165) is 36.4 Å². The van der Waals surface area contributed by atoms with Gasteiger partial charge in [0.2, 0.25) is 0 Å². The van der Waals surface area contributed by atoms with Crippen LogP contribution in [-0.2, 0) is 17.0 Å². The van der Waals surface area contributed by atoms with Gasteiger partial charge in [0.25, 0.3) is 0 Å². The fraction of sp³-hybridized carbons (Fsp3) is 0.750. The van der Waals surface area contributed by atoms with Crippen molar-refractivity contribution in [2.45, 2.75) is 45.8 Å². The van der Waals surface area contributed by atoms with Crippen molar-refractivity contribution in [3.8, 4) is 0 Å². The molecule has 3 aliphatic rings. The van der Waals surface area contributed by atoms with Crippen LogP contribution in [0.15, 0.2) is 23.8 Å². The minimum atomic E-state index is -1.39. The van der Waals surface area contributed by atoms with E-state index in [0.29, 0.717) is 5.92 Å². The van der Waals surface area contributed by atoms with E-state index >= 15 is 0 Å². The molecule has 2 aliphatic carbocycles. The summed E-state index contributed by atoms with van der Waals surface area (Å²) in [7, 11) is 8.39. The van der Waals surface area contributed by atoms with Gasteiger partial charge in [0, 0.05) is 0 Å². The van der Waals surface area contributed by atoms with Gasteiger partial charge in [-0.1, -0.05) is 57.7 Å². The Morgan fingerprint density at radius 1 is 1.23 bits per heavy atom. The van der Waals surface area contributed by atoms with Crippen molar-refractivity contribution in [3.63, 3.8) is 0 Å². The van der Waals surface area contributed by atoms with Gasteiger partial charge < -0.3 is 17.3 Å². The molecule has 0 aromatic heterocycles. The van der Waals surface area contributed by atoms with Crippen molar-refractivity contribution in [2.24, 2.45) is 23.7 Å². The zero-order valence-corrected chi connectivity index (χ0v) is 21.4. The van der Waals surface area contributed by atoms with Gasteiger partial charge in [-0.3, -0.25) is 0 Å². The third-order valence-corrected chi connectivity index (χ3v) is 11.1. The van der Waals surface area contributed by atoms with Gasteiger partial charge in [-0.2, -0.15) is 0 Å². The maximum atomic E-state index is 4.89. The van der Waals surface area contributed by atoms with E-state index < -0.39 is 25.3 Å². The average Bonchev–Trinajstić information content (AvgIpc) is 2.94. The van der Waals surface area contributed by atoms with E-state index in [-0.39, 0.29) is 7.43 Å². The first-order valence-corrected chi connectivity index (χ1v) is 16.9. The summed E-state index contributed by atoms with van der Waals surface area (Å²) < 4.78 is 2.85. The molecule has 6 heteroatoms. The third kappa shape index (κ3) is 5.50. The molecular formula is C20H36Cl2N2SiTi-2. The Kier molecular flexibility index (Phi) is 10.7. The van der Waals surface area contributed by atoms with Gasteiger partial charge in [0.05, 0.1) is 0 Å². The minimum absolute atomic E-state index is 0. The van der Waals surface area contributed by atoms with E-state index in [4.69, 9.17) is 18.6 Å². The zero-order valence-electron chi connectivity index (χ0n) is 17.3. The molecule has 4 atom stereocenters. The number of nitrogens with zero attached hydrogens (tertiary/aromatic N) is 2. The third-order valence-electron chi connectivity index (χ3n) is 6.57. The van der Waals surface area contributed by atoms with Gasteiger partial charge in [-0.05, 0) is 48.7 Å². The van der Waals surface area contributed by atoms with Gasteiger partial charge >= 0.3 is 35.6 Å². The average molecular weight is 451 g/mol. The molecule has 1 aliphatic heterocycles. The predicted molar refractivity (Wildman–Crippen MR) is 117 cm³/mol. The van der Waals surface area contributed by atoms with E-state index in [1.54, 1.807) is 5.57 Å². The van der Waals surface area contributed by atoms with Crippen LogP contribution >= 0.6 is 18.6 Å². The molecule has 26 heavy (non-hydrogen) atoms. The van der Waals surface area contributed by atoms with E-state index in [1.165, 1.54) is 19.5 Å². The summed E-state index contributed by atoms with van der Waals surface area (Å²) >= 11 is -0.556. The zero-order chi connectivity index (χ0) is 18.6. The number of hydrogen-bond acceptors (Lipinski definition) is 1. The normalized spacial score (nSPS) is 31.5. The van der Waals surface area contributed by atoms with Gasteiger partial charge in [0.1, 0.15) is 8.24 Å². The Balaban J connectivity index is 0.000000791. The van der Waals surface area contributed by atoms with Crippen LogP contribution in [0.2, 0.25) is 18.6 Å². The summed E-state index contributed by atoms with van der Waals surface area (Å²) in [5.74, 6) is 3.13. The molecular weight excluding hydrogens is 415 g/mol. The number of rotatable bonds is 3. The van der Waals surface area contributed by atoms with Gasteiger partial charge in [-0.25, -0.2) is 0 Å². The molecule has 1 saturated heterocycles. The summed E-state index contributed by atoms with van der Waals surface area (Å²) in [6, 6.07) is 0. The number of hydrogen-bond donors (Lipinski definition) is 0. The second kappa shape index (κ2) is 11.2. The molecule has 2 nitrogen and oxygen atoms in total. The Hall–Kier alpha value is 0.911. The van der Waals surface area contributed by atoms with Crippen molar-refractivity contribution < 1.29 is 17.0 Å². The Morgan fingerprint density at radius 2 is 1.81 bits per heavy atom. The molecule has 0 spiro atoms. The Bertz CT molecular complexity index is 490. The summed E-state index contributed by atoms with van der Waals surface area (Å²) in [6.07, 6.45) is 8.75. The van der Waals surface area contributed by atoms with Gasteiger partial charge in [0.15, 0.2) is 0 Å². The molecule has 0 bridgehead atoms. The van der Waals surface area contributed by atoms with Crippen molar-refractivity contribution >= 4 is 26.8 Å². The van der Waals surface area contributed by atoms with Crippen molar-refractivity contribution in [1.82, 2.24) is 4.57 Å². The first-order chi connectivity index (χ1) is 11.8. The second-order valence-electron chi connectivity index (χ2n) is 8.51. The maximum absolute atomic E-state index is 4.89. The molecule has 1 heterocycles. The molecule has 3 rings (SSSR count). The van der Waals surface area contributed by atoms with E-state index in [2.05, 4.69) is 62.0 Å². The summed E-state index contributed by atoms with van der Waals surface area (Å²) in [5, 5.41) is 4.56. The van der Waals surface area contributed by atoms with Crippen LogP contribution in [-0.4, -0.2) is 39.0 Å². The van der Waals surface area contributed by atoms with Gasteiger partial charge in [-0.15, -0.1) is 13.1 Å². The Labute approximate surface area is 179 Å². The quantitative estimate of drug-likeness (QED) is 0.354. The second-order valence-corrected chi connectivity index (χ2v) is 15.8. The van der Waals surface area contributed by atoms with Crippen LogP contribution in [0.3, 0.4) is 0 Å². The van der Waals surface area contributed by atoms with E-state index in [1.807, 2.05) is 0 Å². The van der Waals surface area contributed by atoms with Crippen LogP contribution in [0.25, 0.3) is 5.32 Å². The van der Waals surface area contributed by atoms with Crippen molar-refractivity contribution in [1.29, 1.82) is 0 Å². The first-order valence-electron chi connectivity index (χ1n) is 9.57. The topological polar surface area (TPSA) is 17.3 Å². The number of halogens is 2. The number of fused-ring (bicyclic) bond motifs is 1. The molecule has 0 aromatic carbocycles. The molecule has 3 unspecified atom stereocenters. The molecule has 0 aromatic rings. The van der Waals surface area contributed by atoms with Crippen LogP contribution < -0.4 is 0 Å². The van der Waals surface area contributed by atoms with Crippen LogP contribution in [0.5, 0.6) is 0 Å². The Morgan fingerprint density at radius 3 is 2.35 bits per heavy atom. The first kappa shape index (κ1) is 24.9. The van der Waals surface area contributed by atoms with E-state index in [9.17, 15) is 0 Å².